The van der Waals surface area contributed by atoms with Gasteiger partial charge in [-0.05, 0) is 5.56 Å². The van der Waals surface area contributed by atoms with E-state index in [1.54, 1.807) is 0 Å². The van der Waals surface area contributed by atoms with Gasteiger partial charge >= 0.3 is 6.03 Å². The standard InChI is InChI=1S/C10H14N4O2/c11-9(14-16)7-13-10(15)12-6-8-4-2-1-3-5-8/h1-5,16H,6-7H2,(H2,11,14)(H2,12,13,15). The Balaban J connectivity index is 2.26. The van der Waals surface area contributed by atoms with Crippen molar-refractivity contribution in [3.8, 4) is 0 Å². The molecule has 0 atom stereocenters. The molecule has 5 N–H and O–H groups in total. The molecule has 0 fully saturated rings. The molecule has 0 aliphatic rings. The molecule has 0 saturated carbocycles. The van der Waals surface area contributed by atoms with E-state index in [0.29, 0.717) is 6.54 Å². The van der Waals surface area contributed by atoms with Gasteiger partial charge in [-0.15, -0.1) is 0 Å². The van der Waals surface area contributed by atoms with Crippen LogP contribution in [0.3, 0.4) is 0 Å². The van der Waals surface area contributed by atoms with Crippen molar-refractivity contribution in [3.63, 3.8) is 0 Å². The zero-order chi connectivity index (χ0) is 11.8. The summed E-state index contributed by atoms with van der Waals surface area (Å²) in [6, 6.07) is 9.14. The molecule has 0 aromatic heterocycles. The highest BCUT2D eigenvalue weighted by molar-refractivity contribution is 5.86. The Morgan fingerprint density at radius 2 is 2.00 bits per heavy atom. The molecular weight excluding hydrogens is 208 g/mol. The van der Waals surface area contributed by atoms with Crippen LogP contribution in [0.15, 0.2) is 35.5 Å². The van der Waals surface area contributed by atoms with Crippen molar-refractivity contribution in [2.75, 3.05) is 6.54 Å². The van der Waals surface area contributed by atoms with Crippen LogP contribution >= 0.6 is 0 Å². The highest BCUT2D eigenvalue weighted by Crippen LogP contribution is 1.96. The topological polar surface area (TPSA) is 99.7 Å². The van der Waals surface area contributed by atoms with E-state index in [4.69, 9.17) is 10.9 Å². The minimum Gasteiger partial charge on any atom is -0.409 e. The van der Waals surface area contributed by atoms with Gasteiger partial charge < -0.3 is 21.6 Å². The van der Waals surface area contributed by atoms with Crippen molar-refractivity contribution in [2.45, 2.75) is 6.54 Å². The monoisotopic (exact) mass is 222 g/mol. The molecule has 86 valence electrons. The van der Waals surface area contributed by atoms with Crippen LogP contribution in [0.1, 0.15) is 5.56 Å². The van der Waals surface area contributed by atoms with Crippen LogP contribution in [-0.2, 0) is 6.54 Å². The number of oxime groups is 1. The number of amidine groups is 1. The number of nitrogens with zero attached hydrogens (tertiary/aromatic N) is 1. The van der Waals surface area contributed by atoms with Gasteiger partial charge in [0.1, 0.15) is 0 Å². The number of hydrogen-bond donors (Lipinski definition) is 4. The summed E-state index contributed by atoms with van der Waals surface area (Å²) in [6.45, 7) is 0.444. The molecule has 0 heterocycles. The lowest BCUT2D eigenvalue weighted by Gasteiger charge is -2.06. The Hall–Kier alpha value is -2.24. The summed E-state index contributed by atoms with van der Waals surface area (Å²) in [5.41, 5.74) is 6.19. The smallest absolute Gasteiger partial charge is 0.315 e. The first-order valence-corrected chi connectivity index (χ1v) is 4.74. The maximum absolute atomic E-state index is 11.2. The molecule has 0 radical (unpaired) electrons. The molecule has 0 saturated heterocycles. The Labute approximate surface area is 93.1 Å². The van der Waals surface area contributed by atoms with Gasteiger partial charge in [-0.3, -0.25) is 0 Å². The van der Waals surface area contributed by atoms with Gasteiger partial charge in [-0.1, -0.05) is 35.5 Å². The van der Waals surface area contributed by atoms with Crippen molar-refractivity contribution in [1.29, 1.82) is 0 Å². The average molecular weight is 222 g/mol. The Morgan fingerprint density at radius 1 is 1.31 bits per heavy atom. The fourth-order valence-electron chi connectivity index (χ4n) is 1.05. The number of urea groups is 1. The second kappa shape index (κ2) is 6.28. The highest BCUT2D eigenvalue weighted by Gasteiger charge is 2.00. The quantitative estimate of drug-likeness (QED) is 0.254. The van der Waals surface area contributed by atoms with Gasteiger partial charge in [-0.2, -0.15) is 0 Å². The number of nitrogens with one attached hydrogen (secondary N) is 2. The SMILES string of the molecule is N/C(CNC(=O)NCc1ccccc1)=N/O. The normalized spacial score (nSPS) is 10.9. The summed E-state index contributed by atoms with van der Waals surface area (Å²) in [4.78, 5) is 11.2. The second-order valence-corrected chi connectivity index (χ2v) is 3.11. The summed E-state index contributed by atoms with van der Waals surface area (Å²) < 4.78 is 0. The van der Waals surface area contributed by atoms with Crippen LogP contribution in [0.2, 0.25) is 0 Å². The molecule has 1 rings (SSSR count). The fraction of sp³-hybridized carbons (Fsp3) is 0.200. The van der Waals surface area contributed by atoms with Crippen LogP contribution in [0, 0.1) is 0 Å². The van der Waals surface area contributed by atoms with E-state index in [-0.39, 0.29) is 18.4 Å². The third kappa shape index (κ3) is 4.32. The maximum Gasteiger partial charge on any atom is 0.315 e. The molecule has 1 aromatic rings. The summed E-state index contributed by atoms with van der Waals surface area (Å²) in [7, 11) is 0. The largest absolute Gasteiger partial charge is 0.409 e. The fourth-order valence-corrected chi connectivity index (χ4v) is 1.05. The lowest BCUT2D eigenvalue weighted by atomic mass is 10.2. The number of carbonyl (C=O) groups excluding carboxylic acids is 1. The summed E-state index contributed by atoms with van der Waals surface area (Å²) >= 11 is 0. The first kappa shape index (κ1) is 11.8. The van der Waals surface area contributed by atoms with Crippen molar-refractivity contribution in [3.05, 3.63) is 35.9 Å². The first-order valence-electron chi connectivity index (χ1n) is 4.74. The van der Waals surface area contributed by atoms with Crippen LogP contribution in [0.25, 0.3) is 0 Å². The molecule has 0 aliphatic heterocycles. The third-order valence-corrected chi connectivity index (χ3v) is 1.85. The molecule has 16 heavy (non-hydrogen) atoms. The predicted octanol–water partition coefficient (Wildman–Crippen LogP) is 0.232. The van der Waals surface area contributed by atoms with E-state index in [1.165, 1.54) is 0 Å². The van der Waals surface area contributed by atoms with E-state index in [0.717, 1.165) is 5.56 Å². The molecule has 0 spiro atoms. The first-order chi connectivity index (χ1) is 7.72. The number of hydrogen-bond acceptors (Lipinski definition) is 3. The van der Waals surface area contributed by atoms with Crippen LogP contribution in [0.4, 0.5) is 4.79 Å². The van der Waals surface area contributed by atoms with Gasteiger partial charge in [0.2, 0.25) is 0 Å². The van der Waals surface area contributed by atoms with Gasteiger partial charge in [0, 0.05) is 6.54 Å². The van der Waals surface area contributed by atoms with Gasteiger partial charge in [0.05, 0.1) is 6.54 Å². The number of rotatable bonds is 4. The zero-order valence-corrected chi connectivity index (χ0v) is 8.68. The number of benzene rings is 1. The molecule has 6 nitrogen and oxygen atoms in total. The number of nitrogens with two attached hydrogens (primary N) is 1. The van der Waals surface area contributed by atoms with Crippen LogP contribution in [-0.4, -0.2) is 23.6 Å². The lowest BCUT2D eigenvalue weighted by Crippen LogP contribution is -2.40. The Bertz CT molecular complexity index is 364. The molecule has 0 aliphatic carbocycles. The van der Waals surface area contributed by atoms with Crippen LogP contribution < -0.4 is 16.4 Å². The molecule has 0 unspecified atom stereocenters. The zero-order valence-electron chi connectivity index (χ0n) is 8.68. The molecule has 1 aromatic carbocycles. The van der Waals surface area contributed by atoms with Crippen LogP contribution in [0.5, 0.6) is 0 Å². The average Bonchev–Trinajstić information content (AvgIpc) is 2.34. The molecular formula is C10H14N4O2. The second-order valence-electron chi connectivity index (χ2n) is 3.11. The maximum atomic E-state index is 11.2. The van der Waals surface area contributed by atoms with E-state index in [9.17, 15) is 4.79 Å². The number of amides is 2. The van der Waals surface area contributed by atoms with Crippen molar-refractivity contribution < 1.29 is 10.0 Å². The van der Waals surface area contributed by atoms with Crippen molar-refractivity contribution >= 4 is 11.9 Å². The molecule has 0 bridgehead atoms. The molecule has 6 heteroatoms. The number of carbonyl (C=O) groups is 1. The van der Waals surface area contributed by atoms with Gasteiger partial charge in [0.25, 0.3) is 0 Å². The van der Waals surface area contributed by atoms with E-state index in [1.807, 2.05) is 30.3 Å². The Kier molecular flexibility index (Phi) is 4.65. The summed E-state index contributed by atoms with van der Waals surface area (Å²) in [5.74, 6) is -0.0464. The Morgan fingerprint density at radius 3 is 2.62 bits per heavy atom. The third-order valence-electron chi connectivity index (χ3n) is 1.85. The minimum absolute atomic E-state index is 0.0110. The van der Waals surface area contributed by atoms with Crippen molar-refractivity contribution in [2.24, 2.45) is 10.9 Å². The van der Waals surface area contributed by atoms with E-state index in [2.05, 4.69) is 15.8 Å². The highest BCUT2D eigenvalue weighted by atomic mass is 16.4. The van der Waals surface area contributed by atoms with Crippen molar-refractivity contribution in [1.82, 2.24) is 10.6 Å². The summed E-state index contributed by atoms with van der Waals surface area (Å²) in [6.07, 6.45) is 0. The van der Waals surface area contributed by atoms with Gasteiger partial charge in [0.15, 0.2) is 5.84 Å². The minimum atomic E-state index is -0.365. The summed E-state index contributed by atoms with van der Waals surface area (Å²) in [5, 5.41) is 16.1. The van der Waals surface area contributed by atoms with Gasteiger partial charge in [-0.25, -0.2) is 4.79 Å². The molecule has 2 amide bonds. The lowest BCUT2D eigenvalue weighted by molar-refractivity contribution is 0.241. The van der Waals surface area contributed by atoms with E-state index < -0.39 is 0 Å². The van der Waals surface area contributed by atoms with E-state index >= 15 is 0 Å². The predicted molar refractivity (Wildman–Crippen MR) is 60.1 cm³/mol.